The zero-order chi connectivity index (χ0) is 11.6. The molecule has 0 aromatic heterocycles. The van der Waals surface area contributed by atoms with Crippen LogP contribution >= 0.6 is 11.6 Å². The van der Waals surface area contributed by atoms with Gasteiger partial charge in [-0.05, 0) is 28.4 Å². The summed E-state index contributed by atoms with van der Waals surface area (Å²) in [5.41, 5.74) is 0.636. The molecular formula is C12H19ClOSi. The van der Waals surface area contributed by atoms with E-state index >= 15 is 0 Å². The molecule has 0 aliphatic heterocycles. The second-order valence-corrected chi connectivity index (χ2v) is 9.62. The third-order valence-electron chi connectivity index (χ3n) is 3.07. The first kappa shape index (κ1) is 12.8. The lowest BCUT2D eigenvalue weighted by atomic mass is 10.4. The van der Waals surface area contributed by atoms with E-state index in [1.807, 2.05) is 24.3 Å². The number of hydrogen-bond donors (Lipinski definition) is 1. The third kappa shape index (κ3) is 2.44. The van der Waals surface area contributed by atoms with Gasteiger partial charge < -0.3 is 4.80 Å². The molecule has 0 aliphatic carbocycles. The molecule has 0 fully saturated rings. The maximum Gasteiger partial charge on any atom is 0.225 e. The van der Waals surface area contributed by atoms with Crippen LogP contribution in [0.2, 0.25) is 16.1 Å². The highest BCUT2D eigenvalue weighted by Gasteiger charge is 2.40. The normalized spacial score (nSPS) is 12.5. The van der Waals surface area contributed by atoms with Crippen LogP contribution in [-0.4, -0.2) is 13.1 Å². The largest absolute Gasteiger partial charge is 0.427 e. The Bertz CT molecular complexity index is 311. The van der Waals surface area contributed by atoms with Gasteiger partial charge in [0.05, 0.1) is 0 Å². The smallest absolute Gasteiger partial charge is 0.225 e. The van der Waals surface area contributed by atoms with Crippen LogP contribution in [0.4, 0.5) is 0 Å². The van der Waals surface area contributed by atoms with E-state index in [1.165, 1.54) is 0 Å². The average molecular weight is 243 g/mol. The summed E-state index contributed by atoms with van der Waals surface area (Å²) in [4.78, 5) is 10.8. The van der Waals surface area contributed by atoms with E-state index in [9.17, 15) is 4.80 Å². The van der Waals surface area contributed by atoms with E-state index in [4.69, 9.17) is 11.6 Å². The van der Waals surface area contributed by atoms with Gasteiger partial charge in [-0.1, -0.05) is 51.4 Å². The molecule has 0 radical (unpaired) electrons. The van der Waals surface area contributed by atoms with Crippen molar-refractivity contribution in [1.29, 1.82) is 0 Å². The first-order valence-corrected chi connectivity index (χ1v) is 7.85. The van der Waals surface area contributed by atoms with Crippen molar-refractivity contribution in [3.8, 4) is 0 Å². The average Bonchev–Trinajstić information content (AvgIpc) is 2.17. The van der Waals surface area contributed by atoms with Crippen molar-refractivity contribution in [3.05, 3.63) is 29.3 Å². The molecule has 84 valence electrons. The van der Waals surface area contributed by atoms with Gasteiger partial charge in [-0.15, -0.1) is 0 Å². The van der Waals surface area contributed by atoms with Crippen LogP contribution in [0.1, 0.15) is 27.7 Å². The van der Waals surface area contributed by atoms with Crippen LogP contribution in [0, 0.1) is 0 Å². The van der Waals surface area contributed by atoms with Gasteiger partial charge in [0.25, 0.3) is 0 Å². The van der Waals surface area contributed by atoms with Crippen molar-refractivity contribution in [3.63, 3.8) is 0 Å². The number of halogens is 1. The van der Waals surface area contributed by atoms with E-state index in [1.54, 1.807) is 0 Å². The van der Waals surface area contributed by atoms with Gasteiger partial charge in [0.15, 0.2) is 0 Å². The molecule has 0 amide bonds. The Morgan fingerprint density at radius 3 is 1.73 bits per heavy atom. The molecule has 1 aromatic rings. The molecular weight excluding hydrogens is 224 g/mol. The lowest BCUT2D eigenvalue weighted by Gasteiger charge is -2.33. The minimum absolute atomic E-state index is 0.318. The minimum Gasteiger partial charge on any atom is -0.427 e. The molecule has 0 heterocycles. The van der Waals surface area contributed by atoms with E-state index < -0.39 is 8.32 Å². The van der Waals surface area contributed by atoms with Gasteiger partial charge in [0, 0.05) is 5.02 Å². The SMILES string of the molecule is CC(C)[Si](O)(c1ccc(Cl)cc1)C(C)C. The van der Waals surface area contributed by atoms with Crippen molar-refractivity contribution < 1.29 is 4.80 Å². The highest BCUT2D eigenvalue weighted by molar-refractivity contribution is 6.87. The Balaban J connectivity index is 3.16. The monoisotopic (exact) mass is 242 g/mol. The molecule has 0 unspecified atom stereocenters. The molecule has 1 N–H and O–H groups in total. The van der Waals surface area contributed by atoms with E-state index in [2.05, 4.69) is 27.7 Å². The number of hydrogen-bond acceptors (Lipinski definition) is 1. The summed E-state index contributed by atoms with van der Waals surface area (Å²) in [7, 11) is -2.36. The predicted octanol–water partition coefficient (Wildman–Crippen LogP) is 3.30. The molecule has 1 rings (SSSR count). The van der Waals surface area contributed by atoms with E-state index in [-0.39, 0.29) is 0 Å². The van der Waals surface area contributed by atoms with Gasteiger partial charge in [-0.2, -0.15) is 0 Å². The summed E-state index contributed by atoms with van der Waals surface area (Å²) in [6.45, 7) is 8.39. The topological polar surface area (TPSA) is 20.2 Å². The fourth-order valence-corrected chi connectivity index (χ4v) is 5.54. The van der Waals surface area contributed by atoms with Crippen molar-refractivity contribution in [2.24, 2.45) is 0 Å². The maximum absolute atomic E-state index is 10.8. The highest BCUT2D eigenvalue weighted by Crippen LogP contribution is 2.29. The summed E-state index contributed by atoms with van der Waals surface area (Å²) in [5.74, 6) is 0. The van der Waals surface area contributed by atoms with Crippen molar-refractivity contribution >= 4 is 25.1 Å². The molecule has 0 saturated carbocycles. The third-order valence-corrected chi connectivity index (χ3v) is 8.10. The Morgan fingerprint density at radius 2 is 1.40 bits per heavy atom. The minimum atomic E-state index is -2.36. The van der Waals surface area contributed by atoms with Gasteiger partial charge in [-0.3, -0.25) is 0 Å². The fourth-order valence-electron chi connectivity index (χ4n) is 2.05. The highest BCUT2D eigenvalue weighted by atomic mass is 35.5. The van der Waals surface area contributed by atoms with Crippen LogP contribution in [0.5, 0.6) is 0 Å². The Labute approximate surface area is 98.2 Å². The van der Waals surface area contributed by atoms with Gasteiger partial charge in [-0.25, -0.2) is 0 Å². The number of benzene rings is 1. The first-order valence-electron chi connectivity index (χ1n) is 5.37. The fraction of sp³-hybridized carbons (Fsp3) is 0.500. The van der Waals surface area contributed by atoms with Crippen LogP contribution in [0.15, 0.2) is 24.3 Å². The molecule has 1 nitrogen and oxygen atoms in total. The molecule has 0 saturated heterocycles. The van der Waals surface area contributed by atoms with E-state index in [0.717, 1.165) is 10.2 Å². The number of rotatable bonds is 3. The summed E-state index contributed by atoms with van der Waals surface area (Å²) in [6, 6.07) is 7.66. The Morgan fingerprint density at radius 1 is 1.00 bits per heavy atom. The van der Waals surface area contributed by atoms with Crippen molar-refractivity contribution in [1.82, 2.24) is 0 Å². The first-order chi connectivity index (χ1) is 6.89. The molecule has 0 aliphatic rings. The van der Waals surface area contributed by atoms with Gasteiger partial charge >= 0.3 is 0 Å². The lowest BCUT2D eigenvalue weighted by molar-refractivity contribution is 0.513. The standard InChI is InChI=1S/C12H19ClOSi/c1-9(2)15(14,10(3)4)12-7-5-11(13)6-8-12/h5-10,14H,1-4H3. The van der Waals surface area contributed by atoms with Crippen LogP contribution in [-0.2, 0) is 0 Å². The molecule has 0 bridgehead atoms. The molecule has 3 heteroatoms. The van der Waals surface area contributed by atoms with Crippen LogP contribution < -0.4 is 5.19 Å². The molecule has 0 atom stereocenters. The Hall–Kier alpha value is -0.313. The molecule has 15 heavy (non-hydrogen) atoms. The maximum atomic E-state index is 10.8. The second-order valence-electron chi connectivity index (χ2n) is 4.64. The van der Waals surface area contributed by atoms with Crippen molar-refractivity contribution in [2.45, 2.75) is 38.8 Å². The summed E-state index contributed by atoms with van der Waals surface area (Å²) in [6.07, 6.45) is 0. The zero-order valence-electron chi connectivity index (χ0n) is 9.79. The molecule has 1 aromatic carbocycles. The van der Waals surface area contributed by atoms with Crippen LogP contribution in [0.3, 0.4) is 0 Å². The predicted molar refractivity (Wildman–Crippen MR) is 69.3 cm³/mol. The summed E-state index contributed by atoms with van der Waals surface area (Å²) >= 11 is 5.85. The van der Waals surface area contributed by atoms with Gasteiger partial charge in [0.1, 0.15) is 0 Å². The molecule has 0 spiro atoms. The lowest BCUT2D eigenvalue weighted by Crippen LogP contribution is -2.53. The quantitative estimate of drug-likeness (QED) is 0.807. The van der Waals surface area contributed by atoms with Crippen LogP contribution in [0.25, 0.3) is 0 Å². The van der Waals surface area contributed by atoms with Gasteiger partial charge in [0.2, 0.25) is 8.32 Å². The Kier molecular flexibility index (Phi) is 3.98. The second kappa shape index (κ2) is 4.68. The van der Waals surface area contributed by atoms with Crippen molar-refractivity contribution in [2.75, 3.05) is 0 Å². The van der Waals surface area contributed by atoms with E-state index in [0.29, 0.717) is 11.1 Å². The summed E-state index contributed by atoms with van der Waals surface area (Å²) < 4.78 is 0. The zero-order valence-corrected chi connectivity index (χ0v) is 11.5. The summed E-state index contributed by atoms with van der Waals surface area (Å²) in [5, 5.41) is 1.81.